The standard InChI is InChI=1S/C8H12F3NO2/c1-3-12-6(8(9,10)11)5-7(13)14-4-2/h3-5H2,1-2H3/b12-6-. The highest BCUT2D eigenvalue weighted by molar-refractivity contribution is 6.02. The number of hydrogen-bond donors (Lipinski definition) is 0. The molecule has 82 valence electrons. The van der Waals surface area contributed by atoms with Gasteiger partial charge in [0.2, 0.25) is 0 Å². The van der Waals surface area contributed by atoms with Crippen molar-refractivity contribution in [2.24, 2.45) is 4.99 Å². The second-order valence-corrected chi connectivity index (χ2v) is 2.40. The van der Waals surface area contributed by atoms with Crippen LogP contribution < -0.4 is 0 Å². The zero-order valence-corrected chi connectivity index (χ0v) is 8.02. The van der Waals surface area contributed by atoms with Crippen LogP contribution in [0.25, 0.3) is 0 Å². The highest BCUT2D eigenvalue weighted by Gasteiger charge is 2.36. The molecule has 0 unspecified atom stereocenters. The Kier molecular flexibility index (Phi) is 5.19. The number of aliphatic imine (C=N–C) groups is 1. The summed E-state index contributed by atoms with van der Waals surface area (Å²) in [6.07, 6.45) is -5.37. The summed E-state index contributed by atoms with van der Waals surface area (Å²) in [6, 6.07) is 0. The van der Waals surface area contributed by atoms with Crippen LogP contribution in [0.1, 0.15) is 20.3 Å². The zero-order chi connectivity index (χ0) is 11.2. The van der Waals surface area contributed by atoms with Crippen molar-refractivity contribution in [1.29, 1.82) is 0 Å². The molecule has 3 nitrogen and oxygen atoms in total. The second-order valence-electron chi connectivity index (χ2n) is 2.40. The number of nitrogens with zero attached hydrogens (tertiary/aromatic N) is 1. The van der Waals surface area contributed by atoms with E-state index in [1.807, 2.05) is 0 Å². The van der Waals surface area contributed by atoms with E-state index >= 15 is 0 Å². The quantitative estimate of drug-likeness (QED) is 0.526. The molecular weight excluding hydrogens is 199 g/mol. The van der Waals surface area contributed by atoms with Gasteiger partial charge in [-0.1, -0.05) is 0 Å². The van der Waals surface area contributed by atoms with E-state index in [1.165, 1.54) is 13.8 Å². The van der Waals surface area contributed by atoms with Crippen molar-refractivity contribution in [3.05, 3.63) is 0 Å². The molecular formula is C8H12F3NO2. The van der Waals surface area contributed by atoms with Crippen LogP contribution in [0.2, 0.25) is 0 Å². The van der Waals surface area contributed by atoms with Gasteiger partial charge in [0, 0.05) is 6.54 Å². The summed E-state index contributed by atoms with van der Waals surface area (Å²) in [7, 11) is 0. The van der Waals surface area contributed by atoms with E-state index in [0.29, 0.717) is 0 Å². The fourth-order valence-corrected chi connectivity index (χ4v) is 0.785. The number of carbonyl (C=O) groups excluding carboxylic acids is 1. The molecule has 0 atom stereocenters. The lowest BCUT2D eigenvalue weighted by molar-refractivity contribution is -0.142. The SMILES string of the molecule is CC/N=C(/CC(=O)OCC)C(F)(F)F. The summed E-state index contributed by atoms with van der Waals surface area (Å²) in [4.78, 5) is 14.0. The highest BCUT2D eigenvalue weighted by atomic mass is 19.4. The Hall–Kier alpha value is -1.07. The Morgan fingerprint density at radius 2 is 1.93 bits per heavy atom. The van der Waals surface area contributed by atoms with Gasteiger partial charge in [0.05, 0.1) is 13.0 Å². The predicted molar refractivity (Wildman–Crippen MR) is 45.3 cm³/mol. The van der Waals surface area contributed by atoms with E-state index in [2.05, 4.69) is 9.73 Å². The maximum absolute atomic E-state index is 12.2. The van der Waals surface area contributed by atoms with Crippen molar-refractivity contribution >= 4 is 11.7 Å². The Labute approximate surface area is 80.0 Å². The molecule has 0 bridgehead atoms. The molecule has 0 aromatic carbocycles. The summed E-state index contributed by atoms with van der Waals surface area (Å²) in [6.45, 7) is 3.06. The molecule has 0 saturated carbocycles. The number of esters is 1. The van der Waals surface area contributed by atoms with Crippen LogP contribution in [-0.2, 0) is 9.53 Å². The van der Waals surface area contributed by atoms with E-state index in [9.17, 15) is 18.0 Å². The molecule has 0 spiro atoms. The summed E-state index contributed by atoms with van der Waals surface area (Å²) in [5, 5.41) is 0. The van der Waals surface area contributed by atoms with Crippen molar-refractivity contribution in [2.75, 3.05) is 13.2 Å². The first kappa shape index (κ1) is 12.9. The predicted octanol–water partition coefficient (Wildman–Crippen LogP) is 1.96. The van der Waals surface area contributed by atoms with Crippen molar-refractivity contribution in [1.82, 2.24) is 0 Å². The van der Waals surface area contributed by atoms with Gasteiger partial charge < -0.3 is 4.74 Å². The first-order chi connectivity index (χ1) is 6.41. The zero-order valence-electron chi connectivity index (χ0n) is 8.02. The third-order valence-electron chi connectivity index (χ3n) is 1.29. The number of halogens is 3. The molecule has 0 amide bonds. The normalized spacial score (nSPS) is 12.8. The lowest BCUT2D eigenvalue weighted by Crippen LogP contribution is -2.27. The van der Waals surface area contributed by atoms with Crippen molar-refractivity contribution in [2.45, 2.75) is 26.4 Å². The monoisotopic (exact) mass is 211 g/mol. The molecule has 0 saturated heterocycles. The van der Waals surface area contributed by atoms with Gasteiger partial charge in [0.1, 0.15) is 5.71 Å². The lowest BCUT2D eigenvalue weighted by atomic mass is 10.2. The minimum atomic E-state index is -4.55. The van der Waals surface area contributed by atoms with Gasteiger partial charge in [-0.3, -0.25) is 9.79 Å². The number of ether oxygens (including phenoxy) is 1. The fraction of sp³-hybridized carbons (Fsp3) is 0.750. The van der Waals surface area contributed by atoms with Gasteiger partial charge in [-0.2, -0.15) is 13.2 Å². The van der Waals surface area contributed by atoms with Crippen LogP contribution in [0.3, 0.4) is 0 Å². The minimum Gasteiger partial charge on any atom is -0.466 e. The third-order valence-corrected chi connectivity index (χ3v) is 1.29. The van der Waals surface area contributed by atoms with Crippen LogP contribution in [0, 0.1) is 0 Å². The van der Waals surface area contributed by atoms with Crippen LogP contribution >= 0.6 is 0 Å². The minimum absolute atomic E-state index is 0.00571. The molecule has 0 N–H and O–H groups in total. The molecule has 0 radical (unpaired) electrons. The number of hydrogen-bond acceptors (Lipinski definition) is 3. The van der Waals surface area contributed by atoms with E-state index in [1.54, 1.807) is 0 Å². The van der Waals surface area contributed by atoms with Gasteiger partial charge in [0.25, 0.3) is 0 Å². The second kappa shape index (κ2) is 5.62. The van der Waals surface area contributed by atoms with E-state index in [0.717, 1.165) is 0 Å². The maximum Gasteiger partial charge on any atom is 0.429 e. The summed E-state index contributed by atoms with van der Waals surface area (Å²) < 4.78 is 40.9. The highest BCUT2D eigenvalue weighted by Crippen LogP contribution is 2.19. The van der Waals surface area contributed by atoms with Crippen molar-refractivity contribution in [3.8, 4) is 0 Å². The maximum atomic E-state index is 12.2. The fourth-order valence-electron chi connectivity index (χ4n) is 0.785. The smallest absolute Gasteiger partial charge is 0.429 e. The Balaban J connectivity index is 4.40. The van der Waals surface area contributed by atoms with Crippen molar-refractivity contribution in [3.63, 3.8) is 0 Å². The van der Waals surface area contributed by atoms with Crippen LogP contribution in [0.5, 0.6) is 0 Å². The average Bonchev–Trinajstić information content (AvgIpc) is 2.02. The topological polar surface area (TPSA) is 38.7 Å². The molecule has 0 aliphatic heterocycles. The molecule has 0 aromatic heterocycles. The molecule has 0 rings (SSSR count). The molecule has 0 aliphatic rings. The lowest BCUT2D eigenvalue weighted by Gasteiger charge is -2.09. The average molecular weight is 211 g/mol. The number of carbonyl (C=O) groups is 1. The van der Waals surface area contributed by atoms with E-state index in [-0.39, 0.29) is 13.2 Å². The Morgan fingerprint density at radius 1 is 1.36 bits per heavy atom. The number of rotatable bonds is 4. The van der Waals surface area contributed by atoms with E-state index < -0.39 is 24.3 Å². The van der Waals surface area contributed by atoms with E-state index in [4.69, 9.17) is 0 Å². The van der Waals surface area contributed by atoms with Gasteiger partial charge in [-0.05, 0) is 13.8 Å². The van der Waals surface area contributed by atoms with Gasteiger partial charge in [-0.15, -0.1) is 0 Å². The summed E-state index contributed by atoms with van der Waals surface area (Å²) in [5.41, 5.74) is -1.08. The first-order valence-electron chi connectivity index (χ1n) is 4.18. The Bertz CT molecular complexity index is 223. The van der Waals surface area contributed by atoms with Crippen LogP contribution in [0.4, 0.5) is 13.2 Å². The number of alkyl halides is 3. The third kappa shape index (κ3) is 4.84. The summed E-state index contributed by atoms with van der Waals surface area (Å²) in [5.74, 6) is -0.906. The van der Waals surface area contributed by atoms with Gasteiger partial charge >= 0.3 is 12.1 Å². The Morgan fingerprint density at radius 3 is 2.29 bits per heavy atom. The van der Waals surface area contributed by atoms with Crippen molar-refractivity contribution < 1.29 is 22.7 Å². The summed E-state index contributed by atoms with van der Waals surface area (Å²) >= 11 is 0. The molecule has 14 heavy (non-hydrogen) atoms. The van der Waals surface area contributed by atoms with Crippen LogP contribution in [-0.4, -0.2) is 31.0 Å². The molecule has 0 heterocycles. The molecule has 6 heteroatoms. The largest absolute Gasteiger partial charge is 0.466 e. The first-order valence-corrected chi connectivity index (χ1v) is 4.18. The van der Waals surface area contributed by atoms with Gasteiger partial charge in [0.15, 0.2) is 0 Å². The molecule has 0 aromatic rings. The molecule has 0 fully saturated rings. The van der Waals surface area contributed by atoms with Gasteiger partial charge in [-0.25, -0.2) is 0 Å². The molecule has 0 aliphatic carbocycles. The van der Waals surface area contributed by atoms with Crippen LogP contribution in [0.15, 0.2) is 4.99 Å².